The number of nitrogens with zero attached hydrogens (tertiary/aromatic N) is 1. The lowest BCUT2D eigenvalue weighted by atomic mass is 10.0. The molecule has 2 heterocycles. The van der Waals surface area contributed by atoms with Crippen LogP contribution < -0.4 is 10.1 Å². The zero-order valence-corrected chi connectivity index (χ0v) is 16.9. The van der Waals surface area contributed by atoms with Crippen LogP contribution in [0.25, 0.3) is 0 Å². The number of hydrogen-bond donors (Lipinski definition) is 1. The van der Waals surface area contributed by atoms with Crippen molar-refractivity contribution in [3.63, 3.8) is 0 Å². The number of benzene rings is 1. The topological polar surface area (TPSA) is 58.6 Å². The summed E-state index contributed by atoms with van der Waals surface area (Å²) in [6, 6.07) is 8.89. The Bertz CT molecular complexity index is 790. The molecule has 1 aliphatic heterocycles. The Morgan fingerprint density at radius 2 is 2.00 bits per heavy atom. The summed E-state index contributed by atoms with van der Waals surface area (Å²) >= 11 is 13.5. The number of rotatable bonds is 6. The SMILES string of the molecule is O=C(Cc1cccs1)NC1CCN(C(=O)COc2ccc(Cl)cc2Cl)CC1. The smallest absolute Gasteiger partial charge is 0.260 e. The van der Waals surface area contributed by atoms with Crippen LogP contribution in [0.5, 0.6) is 5.75 Å². The number of thiophene rings is 1. The van der Waals surface area contributed by atoms with E-state index in [-0.39, 0.29) is 24.5 Å². The maximum Gasteiger partial charge on any atom is 0.260 e. The van der Waals surface area contributed by atoms with E-state index in [1.54, 1.807) is 34.4 Å². The number of ether oxygens (including phenoxy) is 1. The highest BCUT2D eigenvalue weighted by atomic mass is 35.5. The summed E-state index contributed by atoms with van der Waals surface area (Å²) in [6.45, 7) is 1.12. The molecule has 0 radical (unpaired) electrons. The van der Waals surface area contributed by atoms with Gasteiger partial charge >= 0.3 is 0 Å². The number of hydrogen-bond acceptors (Lipinski definition) is 4. The van der Waals surface area contributed by atoms with Crippen LogP contribution in [0, 0.1) is 0 Å². The van der Waals surface area contributed by atoms with E-state index in [1.165, 1.54) is 0 Å². The summed E-state index contributed by atoms with van der Waals surface area (Å²) in [7, 11) is 0. The molecule has 0 spiro atoms. The Morgan fingerprint density at radius 1 is 1.22 bits per heavy atom. The fraction of sp³-hybridized carbons (Fsp3) is 0.368. The van der Waals surface area contributed by atoms with Crippen LogP contribution in [-0.2, 0) is 16.0 Å². The van der Waals surface area contributed by atoms with Gasteiger partial charge in [-0.15, -0.1) is 11.3 Å². The van der Waals surface area contributed by atoms with Crippen LogP contribution in [0.3, 0.4) is 0 Å². The monoisotopic (exact) mass is 426 g/mol. The Kier molecular flexibility index (Phi) is 6.99. The largest absolute Gasteiger partial charge is 0.482 e. The molecular formula is C19H20Cl2N2O3S. The second kappa shape index (κ2) is 9.44. The van der Waals surface area contributed by atoms with Gasteiger partial charge in [-0.25, -0.2) is 0 Å². The second-order valence-electron chi connectivity index (χ2n) is 6.34. The van der Waals surface area contributed by atoms with E-state index in [2.05, 4.69) is 5.32 Å². The maximum absolute atomic E-state index is 12.3. The Balaban J connectivity index is 1.40. The highest BCUT2D eigenvalue weighted by Gasteiger charge is 2.24. The van der Waals surface area contributed by atoms with Crippen molar-refractivity contribution in [3.05, 3.63) is 50.6 Å². The van der Waals surface area contributed by atoms with Gasteiger partial charge < -0.3 is 15.0 Å². The third-order valence-corrected chi connectivity index (χ3v) is 5.78. The van der Waals surface area contributed by atoms with Crippen molar-refractivity contribution in [2.24, 2.45) is 0 Å². The molecule has 0 saturated carbocycles. The van der Waals surface area contributed by atoms with Crippen molar-refractivity contribution in [2.75, 3.05) is 19.7 Å². The van der Waals surface area contributed by atoms with Crippen LogP contribution >= 0.6 is 34.5 Å². The lowest BCUT2D eigenvalue weighted by Gasteiger charge is -2.32. The minimum absolute atomic E-state index is 0.0305. The lowest BCUT2D eigenvalue weighted by Crippen LogP contribution is -2.47. The number of carbonyl (C=O) groups is 2. The summed E-state index contributed by atoms with van der Waals surface area (Å²) in [4.78, 5) is 27.2. The average Bonchev–Trinajstić information content (AvgIpc) is 3.14. The van der Waals surface area contributed by atoms with Crippen LogP contribution in [0.4, 0.5) is 0 Å². The predicted octanol–water partition coefficient (Wildman–Crippen LogP) is 3.78. The van der Waals surface area contributed by atoms with Gasteiger partial charge in [0.05, 0.1) is 11.4 Å². The van der Waals surface area contributed by atoms with Gasteiger partial charge in [0.2, 0.25) is 5.91 Å². The summed E-state index contributed by atoms with van der Waals surface area (Å²) in [5.74, 6) is 0.373. The predicted molar refractivity (Wildman–Crippen MR) is 108 cm³/mol. The first-order valence-electron chi connectivity index (χ1n) is 8.68. The van der Waals surface area contributed by atoms with Crippen LogP contribution in [-0.4, -0.2) is 42.5 Å². The van der Waals surface area contributed by atoms with Gasteiger partial charge in [-0.05, 0) is 42.5 Å². The number of carbonyl (C=O) groups excluding carboxylic acids is 2. The first-order chi connectivity index (χ1) is 13.0. The molecule has 144 valence electrons. The molecule has 5 nitrogen and oxygen atoms in total. The minimum Gasteiger partial charge on any atom is -0.482 e. The van der Waals surface area contributed by atoms with Crippen molar-refractivity contribution < 1.29 is 14.3 Å². The molecule has 3 rings (SSSR count). The van der Waals surface area contributed by atoms with Crippen LogP contribution in [0.15, 0.2) is 35.7 Å². The Labute approximate surface area is 172 Å². The molecule has 1 aromatic heterocycles. The fourth-order valence-corrected chi connectivity index (χ4v) is 4.11. The van der Waals surface area contributed by atoms with Gasteiger partial charge in [-0.3, -0.25) is 9.59 Å². The molecule has 0 bridgehead atoms. The zero-order valence-electron chi connectivity index (χ0n) is 14.6. The van der Waals surface area contributed by atoms with Gasteiger partial charge in [-0.2, -0.15) is 0 Å². The molecule has 1 N–H and O–H groups in total. The molecule has 0 aliphatic carbocycles. The van der Waals surface area contributed by atoms with Gasteiger partial charge in [-0.1, -0.05) is 29.3 Å². The van der Waals surface area contributed by atoms with Crippen molar-refractivity contribution in [1.29, 1.82) is 0 Å². The highest BCUT2D eigenvalue weighted by molar-refractivity contribution is 7.10. The first-order valence-corrected chi connectivity index (χ1v) is 10.3. The third kappa shape index (κ3) is 5.86. The van der Waals surface area contributed by atoms with Gasteiger partial charge in [0, 0.05) is 29.0 Å². The summed E-state index contributed by atoms with van der Waals surface area (Å²) in [6.07, 6.45) is 1.89. The Morgan fingerprint density at radius 3 is 2.67 bits per heavy atom. The van der Waals surface area contributed by atoms with E-state index in [9.17, 15) is 9.59 Å². The maximum atomic E-state index is 12.3. The number of halogens is 2. The van der Waals surface area contributed by atoms with Gasteiger partial charge in [0.15, 0.2) is 6.61 Å². The normalized spacial score (nSPS) is 14.8. The van der Waals surface area contributed by atoms with E-state index in [0.717, 1.165) is 17.7 Å². The van der Waals surface area contributed by atoms with E-state index >= 15 is 0 Å². The summed E-state index contributed by atoms with van der Waals surface area (Å²) in [5.41, 5.74) is 0. The highest BCUT2D eigenvalue weighted by Crippen LogP contribution is 2.27. The molecule has 1 fully saturated rings. The third-order valence-electron chi connectivity index (χ3n) is 4.37. The van der Waals surface area contributed by atoms with Crippen LogP contribution in [0.2, 0.25) is 10.0 Å². The molecule has 2 aromatic rings. The van der Waals surface area contributed by atoms with Gasteiger partial charge in [0.25, 0.3) is 5.91 Å². The summed E-state index contributed by atoms with van der Waals surface area (Å²) in [5, 5.41) is 5.91. The van der Waals surface area contributed by atoms with Crippen molar-refractivity contribution in [3.8, 4) is 5.75 Å². The van der Waals surface area contributed by atoms with Gasteiger partial charge in [0.1, 0.15) is 5.75 Å². The second-order valence-corrected chi connectivity index (χ2v) is 8.22. The first kappa shape index (κ1) is 20.0. The fourth-order valence-electron chi connectivity index (χ4n) is 2.95. The standard InChI is InChI=1S/C19H20Cl2N2O3S/c20-13-3-4-17(16(21)10-13)26-12-19(25)23-7-5-14(6-8-23)22-18(24)11-15-2-1-9-27-15/h1-4,9-10,14H,5-8,11-12H2,(H,22,24). The van der Waals surface area contributed by atoms with E-state index in [0.29, 0.717) is 35.3 Å². The average molecular weight is 427 g/mol. The molecule has 1 aliphatic rings. The number of piperidine rings is 1. The molecule has 0 unspecified atom stereocenters. The molecule has 0 atom stereocenters. The van der Waals surface area contributed by atoms with Crippen molar-refractivity contribution in [2.45, 2.75) is 25.3 Å². The van der Waals surface area contributed by atoms with E-state index < -0.39 is 0 Å². The molecule has 27 heavy (non-hydrogen) atoms. The minimum atomic E-state index is -0.0932. The number of amides is 2. The number of likely N-dealkylation sites (tertiary alicyclic amines) is 1. The molecule has 2 amide bonds. The Hall–Kier alpha value is -1.76. The molecule has 8 heteroatoms. The van der Waals surface area contributed by atoms with E-state index in [1.807, 2.05) is 17.5 Å². The quantitative estimate of drug-likeness (QED) is 0.764. The zero-order chi connectivity index (χ0) is 19.2. The lowest BCUT2D eigenvalue weighted by molar-refractivity contribution is -0.134. The van der Waals surface area contributed by atoms with Crippen LogP contribution in [0.1, 0.15) is 17.7 Å². The van der Waals surface area contributed by atoms with E-state index in [4.69, 9.17) is 27.9 Å². The van der Waals surface area contributed by atoms with Crippen molar-refractivity contribution >= 4 is 46.4 Å². The molecule has 1 aromatic carbocycles. The number of nitrogens with one attached hydrogen (secondary N) is 1. The molecular weight excluding hydrogens is 407 g/mol. The summed E-state index contributed by atoms with van der Waals surface area (Å²) < 4.78 is 5.51. The van der Waals surface area contributed by atoms with Crippen molar-refractivity contribution in [1.82, 2.24) is 10.2 Å². The molecule has 1 saturated heterocycles.